The molecular formula is C22H42N4O3. The van der Waals surface area contributed by atoms with E-state index in [2.05, 4.69) is 42.9 Å². The molecule has 7 heteroatoms. The predicted molar refractivity (Wildman–Crippen MR) is 116 cm³/mol. The summed E-state index contributed by atoms with van der Waals surface area (Å²) in [6, 6.07) is 0.0700. The fourth-order valence-electron chi connectivity index (χ4n) is 4.18. The van der Waals surface area contributed by atoms with Crippen molar-refractivity contribution in [2.45, 2.75) is 66.0 Å². The van der Waals surface area contributed by atoms with E-state index in [9.17, 15) is 9.59 Å². The number of rotatable bonds is 5. The molecule has 0 aromatic rings. The van der Waals surface area contributed by atoms with Gasteiger partial charge in [-0.1, -0.05) is 13.8 Å². The van der Waals surface area contributed by atoms with E-state index in [4.69, 9.17) is 4.74 Å². The maximum absolute atomic E-state index is 13.2. The second-order valence-electron chi connectivity index (χ2n) is 10.4. The number of hydrogen-bond acceptors (Lipinski definition) is 5. The molecule has 1 unspecified atom stereocenters. The maximum atomic E-state index is 13.2. The van der Waals surface area contributed by atoms with Gasteiger partial charge in [-0.3, -0.25) is 9.69 Å². The molecule has 2 saturated heterocycles. The average Bonchev–Trinajstić information content (AvgIpc) is 2.60. The van der Waals surface area contributed by atoms with Crippen LogP contribution in [-0.2, 0) is 9.53 Å². The van der Waals surface area contributed by atoms with Crippen LogP contribution < -0.4 is 5.32 Å². The summed E-state index contributed by atoms with van der Waals surface area (Å²) in [6.45, 7) is 17.6. The molecule has 0 aromatic carbocycles. The third kappa shape index (κ3) is 6.85. The lowest BCUT2D eigenvalue weighted by Gasteiger charge is -2.46. The number of hydrogen-bond donors (Lipinski definition) is 1. The summed E-state index contributed by atoms with van der Waals surface area (Å²) in [5.41, 5.74) is -0.824. The van der Waals surface area contributed by atoms with Gasteiger partial charge in [-0.05, 0) is 66.6 Å². The molecule has 2 heterocycles. The number of piperazine rings is 1. The Hall–Kier alpha value is -1.34. The van der Waals surface area contributed by atoms with Gasteiger partial charge in [0, 0.05) is 38.8 Å². The van der Waals surface area contributed by atoms with Gasteiger partial charge in [0.05, 0.1) is 5.41 Å². The number of amides is 2. The molecule has 2 aliphatic heterocycles. The van der Waals surface area contributed by atoms with E-state index in [0.29, 0.717) is 12.5 Å². The Labute approximate surface area is 177 Å². The highest BCUT2D eigenvalue weighted by atomic mass is 16.6. The summed E-state index contributed by atoms with van der Waals surface area (Å²) in [6.07, 6.45) is 1.52. The molecule has 0 bridgehead atoms. The Bertz CT molecular complexity index is 565. The third-order valence-corrected chi connectivity index (χ3v) is 5.96. The minimum atomic E-state index is -0.485. The number of nitrogens with zero attached hydrogens (tertiary/aromatic N) is 3. The fourth-order valence-corrected chi connectivity index (χ4v) is 4.18. The summed E-state index contributed by atoms with van der Waals surface area (Å²) < 4.78 is 5.56. The normalized spacial score (nSPS) is 23.9. The molecule has 2 fully saturated rings. The molecule has 2 rings (SSSR count). The fraction of sp³-hybridized carbons (Fsp3) is 0.909. The first-order valence-corrected chi connectivity index (χ1v) is 11.1. The van der Waals surface area contributed by atoms with Gasteiger partial charge in [-0.2, -0.15) is 0 Å². The molecule has 1 N–H and O–H groups in total. The predicted octanol–water partition coefficient (Wildman–Crippen LogP) is 2.41. The SMILES string of the molecule is CC(C)CNC(=O)C1(CN2CCN(C(=O)OC(C)(C)C)C(C)C2)CCN(C)CC1. The van der Waals surface area contributed by atoms with E-state index in [0.717, 1.165) is 52.1 Å². The molecule has 168 valence electrons. The van der Waals surface area contributed by atoms with Crippen LogP contribution in [0.25, 0.3) is 0 Å². The largest absolute Gasteiger partial charge is 0.444 e. The average molecular weight is 411 g/mol. The third-order valence-electron chi connectivity index (χ3n) is 5.96. The van der Waals surface area contributed by atoms with E-state index in [1.807, 2.05) is 25.7 Å². The van der Waals surface area contributed by atoms with Crippen LogP contribution in [0.5, 0.6) is 0 Å². The van der Waals surface area contributed by atoms with Crippen molar-refractivity contribution in [3.8, 4) is 0 Å². The van der Waals surface area contributed by atoms with E-state index in [1.165, 1.54) is 0 Å². The minimum Gasteiger partial charge on any atom is -0.444 e. The van der Waals surface area contributed by atoms with Crippen molar-refractivity contribution in [3.05, 3.63) is 0 Å². The van der Waals surface area contributed by atoms with Crippen molar-refractivity contribution < 1.29 is 14.3 Å². The summed E-state index contributed by atoms with van der Waals surface area (Å²) >= 11 is 0. The molecule has 0 spiro atoms. The van der Waals surface area contributed by atoms with Crippen LogP contribution in [0.1, 0.15) is 54.4 Å². The van der Waals surface area contributed by atoms with Crippen molar-refractivity contribution in [1.29, 1.82) is 0 Å². The quantitative estimate of drug-likeness (QED) is 0.754. The Morgan fingerprint density at radius 1 is 1.14 bits per heavy atom. The van der Waals surface area contributed by atoms with E-state index in [1.54, 1.807) is 0 Å². The smallest absolute Gasteiger partial charge is 0.410 e. The van der Waals surface area contributed by atoms with Crippen molar-refractivity contribution in [2.75, 3.05) is 52.9 Å². The van der Waals surface area contributed by atoms with E-state index < -0.39 is 5.60 Å². The van der Waals surface area contributed by atoms with E-state index in [-0.39, 0.29) is 23.5 Å². The van der Waals surface area contributed by atoms with Crippen LogP contribution in [0.15, 0.2) is 0 Å². The number of carbonyl (C=O) groups is 2. The van der Waals surface area contributed by atoms with Gasteiger partial charge in [-0.15, -0.1) is 0 Å². The number of piperidine rings is 1. The Kier molecular flexibility index (Phi) is 7.96. The van der Waals surface area contributed by atoms with Gasteiger partial charge < -0.3 is 19.9 Å². The van der Waals surface area contributed by atoms with Gasteiger partial charge in [0.2, 0.25) is 5.91 Å². The van der Waals surface area contributed by atoms with Gasteiger partial charge >= 0.3 is 6.09 Å². The van der Waals surface area contributed by atoms with Gasteiger partial charge in [0.1, 0.15) is 5.60 Å². The summed E-state index contributed by atoms with van der Waals surface area (Å²) in [7, 11) is 2.12. The molecule has 29 heavy (non-hydrogen) atoms. The molecule has 1 atom stereocenters. The molecule has 0 saturated carbocycles. The first-order valence-electron chi connectivity index (χ1n) is 11.1. The number of likely N-dealkylation sites (tertiary alicyclic amines) is 1. The second-order valence-corrected chi connectivity index (χ2v) is 10.4. The molecular weight excluding hydrogens is 368 g/mol. The Morgan fingerprint density at radius 3 is 2.28 bits per heavy atom. The van der Waals surface area contributed by atoms with Crippen molar-refractivity contribution in [1.82, 2.24) is 20.0 Å². The first kappa shape index (κ1) is 23.9. The number of carbonyl (C=O) groups excluding carboxylic acids is 2. The molecule has 7 nitrogen and oxygen atoms in total. The molecule has 2 aliphatic rings. The zero-order chi connectivity index (χ0) is 21.8. The lowest BCUT2D eigenvalue weighted by Crippen LogP contribution is -2.59. The van der Waals surface area contributed by atoms with Crippen LogP contribution in [0.3, 0.4) is 0 Å². The maximum Gasteiger partial charge on any atom is 0.410 e. The van der Waals surface area contributed by atoms with Gasteiger partial charge in [-0.25, -0.2) is 4.79 Å². The standard InChI is InChI=1S/C22H42N4O3/c1-17(2)14-23-19(27)22(8-10-24(7)11-9-22)16-25-12-13-26(18(3)15-25)20(28)29-21(4,5)6/h17-18H,8-16H2,1-7H3,(H,23,27). The Balaban J connectivity index is 2.01. The summed E-state index contributed by atoms with van der Waals surface area (Å²) in [5.74, 6) is 0.640. The van der Waals surface area contributed by atoms with E-state index >= 15 is 0 Å². The van der Waals surface area contributed by atoms with Crippen LogP contribution in [-0.4, -0.2) is 91.2 Å². The lowest BCUT2D eigenvalue weighted by molar-refractivity contribution is -0.136. The highest BCUT2D eigenvalue weighted by molar-refractivity contribution is 5.83. The van der Waals surface area contributed by atoms with Crippen molar-refractivity contribution >= 4 is 12.0 Å². The van der Waals surface area contributed by atoms with Crippen LogP contribution in [0, 0.1) is 11.3 Å². The summed E-state index contributed by atoms with van der Waals surface area (Å²) in [5, 5.41) is 3.19. The first-order chi connectivity index (χ1) is 13.4. The molecule has 0 aliphatic carbocycles. The van der Waals surface area contributed by atoms with Crippen LogP contribution in [0.2, 0.25) is 0 Å². The van der Waals surface area contributed by atoms with Crippen molar-refractivity contribution in [3.63, 3.8) is 0 Å². The van der Waals surface area contributed by atoms with Gasteiger partial charge in [0.25, 0.3) is 0 Å². The van der Waals surface area contributed by atoms with Crippen molar-refractivity contribution in [2.24, 2.45) is 11.3 Å². The minimum absolute atomic E-state index is 0.0700. The number of ether oxygens (including phenoxy) is 1. The monoisotopic (exact) mass is 410 g/mol. The Morgan fingerprint density at radius 2 is 1.76 bits per heavy atom. The van der Waals surface area contributed by atoms with Crippen LogP contribution >= 0.6 is 0 Å². The second kappa shape index (κ2) is 9.65. The summed E-state index contributed by atoms with van der Waals surface area (Å²) in [4.78, 5) is 32.2. The molecule has 0 radical (unpaired) electrons. The number of nitrogens with one attached hydrogen (secondary N) is 1. The highest BCUT2D eigenvalue weighted by Gasteiger charge is 2.43. The van der Waals surface area contributed by atoms with Gasteiger partial charge in [0.15, 0.2) is 0 Å². The topological polar surface area (TPSA) is 65.1 Å². The zero-order valence-corrected chi connectivity index (χ0v) is 19.6. The lowest BCUT2D eigenvalue weighted by atomic mass is 9.76. The van der Waals surface area contributed by atoms with Crippen LogP contribution in [0.4, 0.5) is 4.79 Å². The molecule has 2 amide bonds. The molecule has 0 aromatic heterocycles. The zero-order valence-electron chi connectivity index (χ0n) is 19.6. The highest BCUT2D eigenvalue weighted by Crippen LogP contribution is 2.33.